The molecule has 1 aliphatic carbocycles. The molecule has 1 amide bonds. The molecular weight excluding hydrogens is 383 g/mol. The van der Waals surface area contributed by atoms with Crippen molar-refractivity contribution in [2.45, 2.75) is 51.0 Å². The van der Waals surface area contributed by atoms with E-state index in [4.69, 9.17) is 16.8 Å². The molecule has 8 heteroatoms. The molecule has 1 saturated heterocycles. The third-order valence-electron chi connectivity index (χ3n) is 5.56. The number of anilines is 1. The lowest BCUT2D eigenvalue weighted by molar-refractivity contribution is -0.126. The predicted octanol–water partition coefficient (Wildman–Crippen LogP) is 4.01. The summed E-state index contributed by atoms with van der Waals surface area (Å²) in [6.45, 7) is 3.29. The van der Waals surface area contributed by atoms with Crippen molar-refractivity contribution in [2.24, 2.45) is 5.92 Å². The van der Waals surface area contributed by atoms with Crippen LogP contribution in [0, 0.1) is 5.92 Å². The van der Waals surface area contributed by atoms with Gasteiger partial charge in [-0.2, -0.15) is 0 Å². The Bertz CT molecular complexity index is 709. The molecule has 0 spiro atoms. The Morgan fingerprint density at radius 2 is 2.11 bits per heavy atom. The van der Waals surface area contributed by atoms with Gasteiger partial charge < -0.3 is 10.2 Å². The second kappa shape index (κ2) is 10.2. The molecule has 1 atom stereocenters. The van der Waals surface area contributed by atoms with E-state index in [1.165, 1.54) is 50.3 Å². The molecule has 1 aromatic heterocycles. The monoisotopic (exact) mass is 410 g/mol. The Kier molecular flexibility index (Phi) is 7.65. The molecule has 2 heterocycles. The number of hydroxylamine groups is 1. The van der Waals surface area contributed by atoms with Crippen molar-refractivity contribution in [1.82, 2.24) is 15.4 Å². The van der Waals surface area contributed by atoms with E-state index in [9.17, 15) is 9.18 Å². The maximum atomic E-state index is 13.5. The highest BCUT2D eigenvalue weighted by Crippen LogP contribution is 2.27. The fourth-order valence-corrected chi connectivity index (χ4v) is 4.40. The number of aromatic nitrogens is 1. The van der Waals surface area contributed by atoms with Crippen molar-refractivity contribution in [3.8, 4) is 0 Å². The van der Waals surface area contributed by atoms with E-state index in [1.807, 2.05) is 0 Å². The molecule has 1 saturated carbocycles. The number of likely N-dealkylation sites (tertiary alicyclic amines) is 1. The summed E-state index contributed by atoms with van der Waals surface area (Å²) in [4.78, 5) is 17.9. The minimum Gasteiger partial charge on any atom is -0.365 e. The maximum Gasteiger partial charge on any atom is 0.303 e. The average Bonchev–Trinajstić information content (AvgIpc) is 2.70. The van der Waals surface area contributed by atoms with Crippen molar-refractivity contribution in [3.05, 3.63) is 28.7 Å². The number of rotatable bonds is 6. The Labute approximate surface area is 170 Å². The molecule has 1 aliphatic heterocycles. The third kappa shape index (κ3) is 5.90. The molecule has 0 radical (unpaired) electrons. The number of pyridine rings is 1. The summed E-state index contributed by atoms with van der Waals surface area (Å²) in [7, 11) is 0. The molecule has 0 bridgehead atoms. The summed E-state index contributed by atoms with van der Waals surface area (Å²) >= 11 is 6.30. The van der Waals surface area contributed by atoms with Crippen LogP contribution >= 0.6 is 11.6 Å². The first kappa shape index (κ1) is 21.0. The van der Waals surface area contributed by atoms with Gasteiger partial charge in [0.25, 0.3) is 0 Å². The van der Waals surface area contributed by atoms with E-state index < -0.39 is 11.7 Å². The lowest BCUT2D eigenvalue weighted by Crippen LogP contribution is -2.44. The lowest BCUT2D eigenvalue weighted by atomic mass is 9.88. The smallest absolute Gasteiger partial charge is 0.303 e. The molecule has 6 nitrogen and oxygen atoms in total. The van der Waals surface area contributed by atoms with Crippen LogP contribution < -0.4 is 10.8 Å². The zero-order valence-electron chi connectivity index (χ0n) is 16.0. The molecule has 28 heavy (non-hydrogen) atoms. The summed E-state index contributed by atoms with van der Waals surface area (Å²) in [6, 6.07) is 1.82. The summed E-state index contributed by atoms with van der Waals surface area (Å²) in [5.74, 6) is -0.938. The Balaban J connectivity index is 1.57. The van der Waals surface area contributed by atoms with Crippen LogP contribution in [0.3, 0.4) is 0 Å². The molecule has 3 rings (SSSR count). The molecule has 3 N–H and O–H groups in total. The van der Waals surface area contributed by atoms with Crippen LogP contribution in [0.25, 0.3) is 6.08 Å². The fraction of sp³-hybridized carbons (Fsp3) is 0.600. The van der Waals surface area contributed by atoms with Crippen LogP contribution in [0.15, 0.2) is 18.1 Å². The van der Waals surface area contributed by atoms with Crippen LogP contribution in [0.2, 0.25) is 5.02 Å². The number of hydrogen-bond donors (Lipinski definition) is 3. The van der Waals surface area contributed by atoms with Crippen LogP contribution in [0.5, 0.6) is 0 Å². The van der Waals surface area contributed by atoms with Gasteiger partial charge >= 0.3 is 5.91 Å². The van der Waals surface area contributed by atoms with Crippen LogP contribution in [-0.4, -0.2) is 46.7 Å². The summed E-state index contributed by atoms with van der Waals surface area (Å²) in [5.41, 5.74) is 1.59. The first-order valence-electron chi connectivity index (χ1n) is 10.0. The van der Waals surface area contributed by atoms with Crippen molar-refractivity contribution >= 4 is 29.4 Å². The number of nitrogens with one attached hydrogen (secondary N) is 2. The molecule has 1 aromatic rings. The fourth-order valence-electron chi connectivity index (χ4n) is 4.17. The average molecular weight is 411 g/mol. The highest BCUT2D eigenvalue weighted by atomic mass is 35.5. The molecule has 1 unspecified atom stereocenters. The number of piperidine rings is 1. The van der Waals surface area contributed by atoms with Gasteiger partial charge in [0.1, 0.15) is 5.82 Å². The zero-order valence-corrected chi connectivity index (χ0v) is 16.7. The van der Waals surface area contributed by atoms with Crippen molar-refractivity contribution in [3.63, 3.8) is 0 Å². The number of halogens is 2. The Morgan fingerprint density at radius 3 is 2.82 bits per heavy atom. The second-order valence-corrected chi connectivity index (χ2v) is 8.19. The molecule has 0 aromatic carbocycles. The minimum atomic E-state index is -1.21. The zero-order chi connectivity index (χ0) is 19.9. The third-order valence-corrected chi connectivity index (χ3v) is 5.85. The quantitative estimate of drug-likeness (QED) is 0.375. The molecule has 154 valence electrons. The van der Waals surface area contributed by atoms with Gasteiger partial charge in [0.2, 0.25) is 0 Å². The highest BCUT2D eigenvalue weighted by Gasteiger charge is 2.24. The maximum absolute atomic E-state index is 13.5. The van der Waals surface area contributed by atoms with Gasteiger partial charge in [-0.25, -0.2) is 14.9 Å². The van der Waals surface area contributed by atoms with Crippen LogP contribution in [-0.2, 0) is 4.79 Å². The summed E-state index contributed by atoms with van der Waals surface area (Å²) in [6.07, 6.45) is 11.4. The summed E-state index contributed by atoms with van der Waals surface area (Å²) in [5, 5.41) is 12.2. The van der Waals surface area contributed by atoms with Gasteiger partial charge in [-0.05, 0) is 55.9 Å². The van der Waals surface area contributed by atoms with Gasteiger partial charge in [-0.1, -0.05) is 30.9 Å². The molecular formula is C20H28ClFN4O2. The SMILES string of the molecule is O=C(NO)/C(F)=C\c1cnc(NC2CCCN(CC3CCCCC3)C2)c(Cl)c1. The van der Waals surface area contributed by atoms with Crippen LogP contribution in [0.4, 0.5) is 10.2 Å². The number of carbonyl (C=O) groups is 1. The molecule has 2 fully saturated rings. The minimum absolute atomic E-state index is 0.278. The van der Waals surface area contributed by atoms with Gasteiger partial charge in [0.15, 0.2) is 5.83 Å². The van der Waals surface area contributed by atoms with Gasteiger partial charge in [0, 0.05) is 25.3 Å². The lowest BCUT2D eigenvalue weighted by Gasteiger charge is -2.36. The van der Waals surface area contributed by atoms with Gasteiger partial charge in [0.05, 0.1) is 5.02 Å². The number of hydrogen-bond acceptors (Lipinski definition) is 5. The van der Waals surface area contributed by atoms with Crippen LogP contribution in [0.1, 0.15) is 50.5 Å². The van der Waals surface area contributed by atoms with E-state index in [2.05, 4.69) is 15.2 Å². The first-order valence-corrected chi connectivity index (χ1v) is 10.4. The second-order valence-electron chi connectivity index (χ2n) is 7.78. The van der Waals surface area contributed by atoms with Gasteiger partial charge in [-0.3, -0.25) is 10.0 Å². The van der Waals surface area contributed by atoms with Crippen molar-refractivity contribution < 1.29 is 14.4 Å². The van der Waals surface area contributed by atoms with Crippen molar-refractivity contribution in [2.75, 3.05) is 25.0 Å². The van der Waals surface area contributed by atoms with E-state index >= 15 is 0 Å². The Morgan fingerprint density at radius 1 is 1.32 bits per heavy atom. The summed E-state index contributed by atoms with van der Waals surface area (Å²) < 4.78 is 13.5. The number of nitrogens with zero attached hydrogens (tertiary/aromatic N) is 2. The Hall–Kier alpha value is -1.70. The predicted molar refractivity (Wildman–Crippen MR) is 108 cm³/mol. The van der Waals surface area contributed by atoms with E-state index in [0.29, 0.717) is 16.4 Å². The topological polar surface area (TPSA) is 77.5 Å². The highest BCUT2D eigenvalue weighted by molar-refractivity contribution is 6.33. The first-order chi connectivity index (χ1) is 13.5. The largest absolute Gasteiger partial charge is 0.365 e. The van der Waals surface area contributed by atoms with E-state index in [1.54, 1.807) is 6.07 Å². The van der Waals surface area contributed by atoms with Gasteiger partial charge in [-0.15, -0.1) is 0 Å². The normalized spacial score (nSPS) is 22.1. The van der Waals surface area contributed by atoms with E-state index in [0.717, 1.165) is 37.9 Å². The number of amides is 1. The van der Waals surface area contributed by atoms with E-state index in [-0.39, 0.29) is 6.04 Å². The number of carbonyl (C=O) groups excluding carboxylic acids is 1. The van der Waals surface area contributed by atoms with Crippen molar-refractivity contribution in [1.29, 1.82) is 0 Å². The molecule has 2 aliphatic rings. The standard InChI is InChI=1S/C20H28ClFN4O2/c21-17-9-15(10-18(22)20(27)25-28)11-23-19(17)24-16-7-4-8-26(13-16)12-14-5-2-1-3-6-14/h9-11,14,16,28H,1-8,12-13H2,(H,23,24)(H,25,27)/b18-10+.